The van der Waals surface area contributed by atoms with E-state index in [4.69, 9.17) is 4.42 Å². The number of nitrogens with zero attached hydrogens (tertiary/aromatic N) is 5. The van der Waals surface area contributed by atoms with Crippen LogP contribution in [-0.2, 0) is 5.41 Å². The van der Waals surface area contributed by atoms with Gasteiger partial charge in [0.25, 0.3) is 18.1 Å². The summed E-state index contributed by atoms with van der Waals surface area (Å²) in [6.07, 6.45) is 1.94. The number of fused-ring (bicyclic) bond motifs is 3. The Hall–Kier alpha value is -1.79. The monoisotopic (exact) mass is 531 g/mol. The van der Waals surface area contributed by atoms with Crippen molar-refractivity contribution in [2.24, 2.45) is 0 Å². The molecule has 188 valence electrons. The van der Waals surface area contributed by atoms with E-state index >= 15 is 0 Å². The summed E-state index contributed by atoms with van der Waals surface area (Å²) in [4.78, 5) is 23.3. The Morgan fingerprint density at radius 2 is 1.82 bits per heavy atom. The van der Waals surface area contributed by atoms with Crippen molar-refractivity contribution in [2.75, 3.05) is 0 Å². The largest absolute Gasteiger partial charge is 0.455 e. The highest BCUT2D eigenvalue weighted by molar-refractivity contribution is 7.59. The van der Waals surface area contributed by atoms with E-state index in [1.807, 2.05) is 31.7 Å². The first-order valence-electron chi connectivity index (χ1n) is 10.7. The molecule has 1 amide bonds. The Morgan fingerprint density at radius 3 is 2.47 bits per heavy atom. The van der Waals surface area contributed by atoms with Gasteiger partial charge in [-0.05, 0) is 43.9 Å². The molecule has 0 N–H and O–H groups in total. The van der Waals surface area contributed by atoms with Crippen LogP contribution in [0.15, 0.2) is 28.9 Å². The van der Waals surface area contributed by atoms with Crippen LogP contribution in [0.5, 0.6) is 0 Å². The summed E-state index contributed by atoms with van der Waals surface area (Å²) in [5.74, 6) is 0.995. The number of halogens is 2. The van der Waals surface area contributed by atoms with E-state index in [9.17, 15) is 13.6 Å². The second-order valence-electron chi connectivity index (χ2n) is 9.49. The van der Waals surface area contributed by atoms with E-state index < -0.39 is 6.43 Å². The Kier molecular flexibility index (Phi) is 8.74. The minimum absolute atomic E-state index is 0. The molecule has 3 atom stereocenters. The van der Waals surface area contributed by atoms with Crippen LogP contribution in [0.4, 0.5) is 8.78 Å². The minimum Gasteiger partial charge on any atom is -0.455 e. The van der Waals surface area contributed by atoms with Gasteiger partial charge in [0.2, 0.25) is 0 Å². The number of piperidine rings is 1. The quantitative estimate of drug-likeness (QED) is 0.483. The molecule has 2 aliphatic heterocycles. The summed E-state index contributed by atoms with van der Waals surface area (Å²) in [6, 6.07) is 5.05. The van der Waals surface area contributed by atoms with Gasteiger partial charge in [0.1, 0.15) is 17.8 Å². The van der Waals surface area contributed by atoms with Crippen molar-refractivity contribution in [3.05, 3.63) is 47.4 Å². The molecule has 7 nitrogen and oxygen atoms in total. The van der Waals surface area contributed by atoms with E-state index in [0.717, 1.165) is 31.4 Å². The molecule has 3 aromatic rings. The molecule has 0 aliphatic carbocycles. The zero-order valence-electron chi connectivity index (χ0n) is 19.3. The van der Waals surface area contributed by atoms with Gasteiger partial charge in [-0.1, -0.05) is 20.8 Å². The van der Waals surface area contributed by atoms with Gasteiger partial charge in [-0.15, -0.1) is 0 Å². The van der Waals surface area contributed by atoms with Gasteiger partial charge in [0, 0.05) is 23.4 Å². The Bertz CT molecular complexity index is 1150. The number of furan rings is 1. The molecule has 0 unspecified atom stereocenters. The number of hydrogen-bond donors (Lipinski definition) is 0. The SMILES string of the molecule is CC(C)(C)c1ccc(C(=O)N2[C@H]3CC[C@H](c4cc(C(F)F)nc5ncnn45)[C@@H]2CC3)o1.S.S.S. The molecule has 2 saturated heterocycles. The van der Waals surface area contributed by atoms with E-state index in [0.29, 0.717) is 11.5 Å². The van der Waals surface area contributed by atoms with E-state index in [2.05, 4.69) is 15.1 Å². The summed E-state index contributed by atoms with van der Waals surface area (Å²) in [7, 11) is 0. The maximum atomic E-state index is 13.5. The van der Waals surface area contributed by atoms with Crippen molar-refractivity contribution in [2.45, 2.75) is 76.3 Å². The number of carbonyl (C=O) groups is 1. The fourth-order valence-electron chi connectivity index (χ4n) is 5.03. The van der Waals surface area contributed by atoms with Gasteiger partial charge < -0.3 is 9.32 Å². The molecule has 2 fully saturated rings. The second kappa shape index (κ2) is 10.4. The molecule has 3 aromatic heterocycles. The van der Waals surface area contributed by atoms with Gasteiger partial charge in [0.05, 0.1) is 5.69 Å². The zero-order valence-corrected chi connectivity index (χ0v) is 22.3. The van der Waals surface area contributed by atoms with Crippen LogP contribution in [0.1, 0.15) is 86.5 Å². The molecule has 0 radical (unpaired) electrons. The predicted octanol–water partition coefficient (Wildman–Crippen LogP) is 4.84. The third-order valence-electron chi connectivity index (χ3n) is 6.51. The highest BCUT2D eigenvalue weighted by Crippen LogP contribution is 2.45. The number of carbonyl (C=O) groups excluding carboxylic acids is 1. The molecular weight excluding hydrogens is 500 g/mol. The topological polar surface area (TPSA) is 76.5 Å². The van der Waals surface area contributed by atoms with Crippen LogP contribution in [0, 0.1) is 0 Å². The first kappa shape index (κ1) is 28.4. The molecule has 5 rings (SSSR count). The first-order valence-corrected chi connectivity index (χ1v) is 10.7. The number of rotatable bonds is 3. The summed E-state index contributed by atoms with van der Waals surface area (Å²) < 4.78 is 34.4. The van der Waals surface area contributed by atoms with Crippen LogP contribution in [0.2, 0.25) is 0 Å². The van der Waals surface area contributed by atoms with Crippen molar-refractivity contribution < 1.29 is 18.0 Å². The lowest BCUT2D eigenvalue weighted by atomic mass is 9.86. The molecule has 34 heavy (non-hydrogen) atoms. The number of alkyl halides is 2. The normalized spacial score (nSPS) is 21.7. The smallest absolute Gasteiger partial charge is 0.290 e. The van der Waals surface area contributed by atoms with E-state index in [1.54, 1.807) is 6.07 Å². The first-order chi connectivity index (χ1) is 14.7. The van der Waals surface area contributed by atoms with Crippen molar-refractivity contribution in [3.8, 4) is 0 Å². The van der Waals surface area contributed by atoms with E-state index in [1.165, 1.54) is 16.9 Å². The fourth-order valence-corrected chi connectivity index (χ4v) is 5.03. The minimum atomic E-state index is -2.70. The highest BCUT2D eigenvalue weighted by Gasteiger charge is 2.47. The van der Waals surface area contributed by atoms with Gasteiger partial charge in [-0.25, -0.2) is 18.3 Å². The molecule has 0 spiro atoms. The van der Waals surface area contributed by atoms with Crippen LogP contribution < -0.4 is 0 Å². The van der Waals surface area contributed by atoms with Crippen LogP contribution in [0.25, 0.3) is 5.78 Å². The molecule has 2 bridgehead atoms. The molecule has 12 heteroatoms. The van der Waals surface area contributed by atoms with Crippen LogP contribution in [0.3, 0.4) is 0 Å². The average Bonchev–Trinajstić information content (AvgIpc) is 3.44. The summed E-state index contributed by atoms with van der Waals surface area (Å²) in [5.41, 5.74) is 0.133. The molecule has 0 saturated carbocycles. The zero-order chi connectivity index (χ0) is 21.9. The second-order valence-corrected chi connectivity index (χ2v) is 9.49. The lowest BCUT2D eigenvalue weighted by molar-refractivity contribution is 0.0518. The predicted molar refractivity (Wildman–Crippen MR) is 139 cm³/mol. The van der Waals surface area contributed by atoms with Crippen LogP contribution >= 0.6 is 40.5 Å². The summed E-state index contributed by atoms with van der Waals surface area (Å²) >= 11 is 0. The lowest BCUT2D eigenvalue weighted by Gasteiger charge is -2.39. The van der Waals surface area contributed by atoms with Crippen LogP contribution in [-0.4, -0.2) is 42.5 Å². The summed E-state index contributed by atoms with van der Waals surface area (Å²) in [5, 5.41) is 4.21. The Labute approximate surface area is 218 Å². The number of hydrogen-bond acceptors (Lipinski definition) is 5. The third kappa shape index (κ3) is 4.81. The number of amides is 1. The van der Waals surface area contributed by atoms with Crippen molar-refractivity contribution in [1.82, 2.24) is 24.5 Å². The van der Waals surface area contributed by atoms with Gasteiger partial charge in [-0.2, -0.15) is 50.6 Å². The highest BCUT2D eigenvalue weighted by atomic mass is 32.1. The molecule has 0 aromatic carbocycles. The summed E-state index contributed by atoms with van der Waals surface area (Å²) in [6.45, 7) is 6.11. The third-order valence-corrected chi connectivity index (χ3v) is 6.51. The maximum absolute atomic E-state index is 13.5. The average molecular weight is 532 g/mol. The van der Waals surface area contributed by atoms with Gasteiger partial charge in [0.15, 0.2) is 5.76 Å². The maximum Gasteiger partial charge on any atom is 0.290 e. The van der Waals surface area contributed by atoms with Gasteiger partial charge >= 0.3 is 0 Å². The van der Waals surface area contributed by atoms with Crippen molar-refractivity contribution in [3.63, 3.8) is 0 Å². The van der Waals surface area contributed by atoms with Crippen molar-refractivity contribution >= 4 is 52.2 Å². The molecular formula is C22H31F2N5O2S3. The van der Waals surface area contributed by atoms with Crippen molar-refractivity contribution in [1.29, 1.82) is 0 Å². The Morgan fingerprint density at radius 1 is 1.12 bits per heavy atom. The fraction of sp³-hybridized carbons (Fsp3) is 0.545. The van der Waals surface area contributed by atoms with Gasteiger partial charge in [-0.3, -0.25) is 4.79 Å². The Balaban J connectivity index is 0.00000136. The molecule has 5 heterocycles. The lowest BCUT2D eigenvalue weighted by Crippen LogP contribution is -2.47. The standard InChI is InChI=1S/C22H25F2N5O2.3H2S/c1-22(2,3)18-9-8-17(31-18)20(30)28-12-4-6-13(15(28)7-5-12)16-10-14(19(23)24)27-21-25-11-26-29(16)21;;;/h8-13,15,19H,4-7H2,1-3H3;3*1H2/t12-,13-,15-;;;/m0.../s1. The molecule has 2 aliphatic rings. The van der Waals surface area contributed by atoms with E-state index in [-0.39, 0.29) is 81.3 Å². The number of aromatic nitrogens is 4.